The average molecular weight is 373 g/mol. The Morgan fingerprint density at radius 3 is 2.58 bits per heavy atom. The van der Waals surface area contributed by atoms with Crippen LogP contribution in [-0.2, 0) is 4.79 Å². The Balaban J connectivity index is 1.56. The van der Waals surface area contributed by atoms with E-state index in [2.05, 4.69) is 0 Å². The minimum absolute atomic E-state index is 0.0786. The van der Waals surface area contributed by atoms with Gasteiger partial charge in [-0.05, 0) is 31.5 Å². The zero-order valence-electron chi connectivity index (χ0n) is 14.5. The lowest BCUT2D eigenvalue weighted by atomic mass is 10.1. The number of halogens is 4. The van der Waals surface area contributed by atoms with Crippen LogP contribution < -0.4 is 4.90 Å². The van der Waals surface area contributed by atoms with Crippen LogP contribution in [0.5, 0.6) is 0 Å². The molecule has 0 N–H and O–H groups in total. The van der Waals surface area contributed by atoms with Crippen molar-refractivity contribution in [3.05, 3.63) is 30.1 Å². The second-order valence-corrected chi connectivity index (χ2v) is 6.95. The van der Waals surface area contributed by atoms with E-state index in [-0.39, 0.29) is 24.2 Å². The Morgan fingerprint density at radius 1 is 1.08 bits per heavy atom. The fourth-order valence-electron chi connectivity index (χ4n) is 3.78. The van der Waals surface area contributed by atoms with Gasteiger partial charge in [0.2, 0.25) is 5.91 Å². The molecule has 1 aromatic rings. The van der Waals surface area contributed by atoms with E-state index in [1.807, 2.05) is 4.90 Å². The van der Waals surface area contributed by atoms with Crippen molar-refractivity contribution in [2.75, 3.05) is 50.7 Å². The van der Waals surface area contributed by atoms with Crippen molar-refractivity contribution in [1.29, 1.82) is 0 Å². The Kier molecular flexibility index (Phi) is 5.70. The summed E-state index contributed by atoms with van der Waals surface area (Å²) in [5.41, 5.74) is 0.527. The van der Waals surface area contributed by atoms with Crippen LogP contribution in [0.2, 0.25) is 0 Å². The Bertz CT molecular complexity index is 637. The molecule has 0 bridgehead atoms. The largest absolute Gasteiger partial charge is 0.401 e. The number of rotatable bonds is 3. The number of nitrogens with zero attached hydrogens (tertiary/aromatic N) is 3. The summed E-state index contributed by atoms with van der Waals surface area (Å²) in [6.45, 7) is 1.68. The summed E-state index contributed by atoms with van der Waals surface area (Å²) in [4.78, 5) is 17.6. The van der Waals surface area contributed by atoms with Gasteiger partial charge in [-0.3, -0.25) is 9.69 Å². The van der Waals surface area contributed by atoms with Gasteiger partial charge in [0.15, 0.2) is 0 Å². The lowest BCUT2D eigenvalue weighted by Gasteiger charge is -2.26. The first-order valence-electron chi connectivity index (χ1n) is 8.91. The van der Waals surface area contributed by atoms with Gasteiger partial charge in [-0.1, -0.05) is 12.1 Å². The SMILES string of the molecule is O=C(C1CCN(CC(F)(F)F)C1)N1CCCN(c2ccccc2F)CC1. The van der Waals surface area contributed by atoms with Gasteiger partial charge < -0.3 is 9.80 Å². The van der Waals surface area contributed by atoms with Crippen molar-refractivity contribution < 1.29 is 22.4 Å². The number of anilines is 1. The molecule has 0 aromatic heterocycles. The van der Waals surface area contributed by atoms with Gasteiger partial charge in [-0.2, -0.15) is 13.2 Å². The van der Waals surface area contributed by atoms with E-state index in [1.165, 1.54) is 11.0 Å². The van der Waals surface area contributed by atoms with Gasteiger partial charge >= 0.3 is 6.18 Å². The predicted octanol–water partition coefficient (Wildman–Crippen LogP) is 2.75. The van der Waals surface area contributed by atoms with Crippen LogP contribution in [0.3, 0.4) is 0 Å². The normalized spacial score (nSPS) is 22.5. The number of hydrogen-bond donors (Lipinski definition) is 0. The lowest BCUT2D eigenvalue weighted by Crippen LogP contribution is -2.40. The number of alkyl halides is 3. The van der Waals surface area contributed by atoms with Crippen molar-refractivity contribution in [3.63, 3.8) is 0 Å². The molecular formula is C18H23F4N3O. The molecule has 1 amide bonds. The zero-order valence-corrected chi connectivity index (χ0v) is 14.5. The number of likely N-dealkylation sites (tertiary alicyclic amines) is 1. The summed E-state index contributed by atoms with van der Waals surface area (Å²) in [6, 6.07) is 6.55. The van der Waals surface area contributed by atoms with Crippen LogP contribution >= 0.6 is 0 Å². The van der Waals surface area contributed by atoms with Crippen LogP contribution in [0, 0.1) is 11.7 Å². The van der Waals surface area contributed by atoms with Gasteiger partial charge in [0, 0.05) is 32.7 Å². The van der Waals surface area contributed by atoms with Gasteiger partial charge in [0.25, 0.3) is 0 Å². The highest BCUT2D eigenvalue weighted by Crippen LogP contribution is 2.25. The highest BCUT2D eigenvalue weighted by molar-refractivity contribution is 5.79. The number of carbonyl (C=O) groups is 1. The Labute approximate surface area is 150 Å². The molecule has 2 heterocycles. The molecule has 2 fully saturated rings. The Morgan fingerprint density at radius 2 is 1.85 bits per heavy atom. The van der Waals surface area contributed by atoms with Crippen LogP contribution in [0.25, 0.3) is 0 Å². The summed E-state index contributed by atoms with van der Waals surface area (Å²) in [7, 11) is 0. The number of hydrogen-bond acceptors (Lipinski definition) is 3. The first kappa shape index (κ1) is 18.9. The minimum Gasteiger partial charge on any atom is -0.367 e. The van der Waals surface area contributed by atoms with Crippen LogP contribution in [0.15, 0.2) is 24.3 Å². The van der Waals surface area contributed by atoms with E-state index in [0.717, 1.165) is 0 Å². The molecule has 1 atom stereocenters. The van der Waals surface area contributed by atoms with E-state index in [9.17, 15) is 22.4 Å². The molecule has 2 aliphatic heterocycles. The average Bonchev–Trinajstić information content (AvgIpc) is 2.88. The Hall–Kier alpha value is -1.83. The second kappa shape index (κ2) is 7.82. The first-order valence-corrected chi connectivity index (χ1v) is 8.91. The van der Waals surface area contributed by atoms with Crippen molar-refractivity contribution in [3.8, 4) is 0 Å². The molecule has 8 heteroatoms. The highest BCUT2D eigenvalue weighted by atomic mass is 19.4. The molecule has 3 rings (SSSR count). The third-order valence-corrected chi connectivity index (χ3v) is 5.03. The van der Waals surface area contributed by atoms with Crippen molar-refractivity contribution >= 4 is 11.6 Å². The maximum atomic E-state index is 14.0. The van der Waals surface area contributed by atoms with Crippen molar-refractivity contribution in [2.24, 2.45) is 5.92 Å². The third kappa shape index (κ3) is 4.66. The lowest BCUT2D eigenvalue weighted by molar-refractivity contribution is -0.145. The smallest absolute Gasteiger partial charge is 0.367 e. The van der Waals surface area contributed by atoms with Crippen LogP contribution in [0.4, 0.5) is 23.2 Å². The van der Waals surface area contributed by atoms with E-state index < -0.39 is 12.7 Å². The second-order valence-electron chi connectivity index (χ2n) is 6.95. The van der Waals surface area contributed by atoms with E-state index in [1.54, 1.807) is 23.1 Å². The van der Waals surface area contributed by atoms with Crippen molar-refractivity contribution in [2.45, 2.75) is 19.0 Å². The summed E-state index contributed by atoms with van der Waals surface area (Å²) >= 11 is 0. The molecule has 144 valence electrons. The molecule has 26 heavy (non-hydrogen) atoms. The van der Waals surface area contributed by atoms with Gasteiger partial charge in [0.05, 0.1) is 18.2 Å². The quantitative estimate of drug-likeness (QED) is 0.763. The van der Waals surface area contributed by atoms with Gasteiger partial charge in [0.1, 0.15) is 5.82 Å². The fraction of sp³-hybridized carbons (Fsp3) is 0.611. The minimum atomic E-state index is -4.24. The molecule has 0 radical (unpaired) electrons. The third-order valence-electron chi connectivity index (χ3n) is 5.03. The molecule has 2 aliphatic rings. The van der Waals surface area contributed by atoms with Gasteiger partial charge in [-0.25, -0.2) is 4.39 Å². The zero-order chi connectivity index (χ0) is 18.7. The highest BCUT2D eigenvalue weighted by Gasteiger charge is 2.37. The van der Waals surface area contributed by atoms with E-state index in [0.29, 0.717) is 51.3 Å². The topological polar surface area (TPSA) is 26.8 Å². The summed E-state index contributed by atoms with van der Waals surface area (Å²) < 4.78 is 51.5. The number of carbonyl (C=O) groups excluding carboxylic acids is 1. The molecule has 2 saturated heterocycles. The number of benzene rings is 1. The standard InChI is InChI=1S/C18H23F4N3O/c19-15-4-1-2-5-16(15)24-7-3-8-25(11-10-24)17(26)14-6-9-23(12-14)13-18(20,21)22/h1-2,4-5,14H,3,6-13H2. The molecule has 0 aliphatic carbocycles. The molecule has 0 spiro atoms. The molecule has 4 nitrogen and oxygen atoms in total. The summed E-state index contributed by atoms with van der Waals surface area (Å²) in [5.74, 6) is -0.742. The molecular weight excluding hydrogens is 350 g/mol. The molecule has 0 saturated carbocycles. The monoisotopic (exact) mass is 373 g/mol. The van der Waals surface area contributed by atoms with Crippen LogP contribution in [0.1, 0.15) is 12.8 Å². The van der Waals surface area contributed by atoms with Crippen molar-refractivity contribution in [1.82, 2.24) is 9.80 Å². The predicted molar refractivity (Wildman–Crippen MR) is 90.4 cm³/mol. The van der Waals surface area contributed by atoms with Gasteiger partial charge in [-0.15, -0.1) is 0 Å². The van der Waals surface area contributed by atoms with Crippen LogP contribution in [-0.4, -0.2) is 67.7 Å². The first-order chi connectivity index (χ1) is 12.3. The maximum absolute atomic E-state index is 14.0. The number of amides is 1. The summed E-state index contributed by atoms with van der Waals surface area (Å²) in [5, 5.41) is 0. The maximum Gasteiger partial charge on any atom is 0.401 e. The van der Waals surface area contributed by atoms with E-state index in [4.69, 9.17) is 0 Å². The molecule has 1 unspecified atom stereocenters. The molecule has 1 aromatic carbocycles. The van der Waals surface area contributed by atoms with E-state index >= 15 is 0 Å². The number of para-hydroxylation sites is 1. The summed E-state index contributed by atoms with van der Waals surface area (Å²) in [6.07, 6.45) is -3.07. The fourth-order valence-corrected chi connectivity index (χ4v) is 3.78.